The minimum absolute atomic E-state index is 0.419. The fraction of sp³-hybridized carbons (Fsp3) is 0.611. The van der Waals surface area contributed by atoms with E-state index in [1.807, 2.05) is 0 Å². The number of sulfonamides is 1. The topological polar surface area (TPSA) is 85.8 Å². The summed E-state index contributed by atoms with van der Waals surface area (Å²) in [5, 5.41) is 6.72. The molecule has 0 spiro atoms. The van der Waals surface area contributed by atoms with E-state index < -0.39 is 10.0 Å². The standard InChI is InChI=1S/C18H31N5O2S/c1-19-18(20-11-6-12-21-26(2,24)25)22-17-9-13-23(14-10-17)15-16-7-4-3-5-8-16/h3-5,7-8,17,21H,6,9-15H2,1-2H3,(H2,19,20,22). The molecule has 1 aromatic carbocycles. The summed E-state index contributed by atoms with van der Waals surface area (Å²) < 4.78 is 24.5. The summed E-state index contributed by atoms with van der Waals surface area (Å²) in [5.41, 5.74) is 1.36. The highest BCUT2D eigenvalue weighted by Crippen LogP contribution is 2.13. The Morgan fingerprint density at radius 3 is 2.50 bits per heavy atom. The molecule has 2 rings (SSSR count). The highest BCUT2D eigenvalue weighted by molar-refractivity contribution is 7.88. The first-order valence-corrected chi connectivity index (χ1v) is 11.0. The molecule has 26 heavy (non-hydrogen) atoms. The fourth-order valence-electron chi connectivity index (χ4n) is 3.02. The SMILES string of the molecule is CN=C(NCCCNS(C)(=O)=O)NC1CCN(Cc2ccccc2)CC1. The zero-order chi connectivity index (χ0) is 18.8. The monoisotopic (exact) mass is 381 g/mol. The molecule has 1 saturated heterocycles. The molecular formula is C18H31N5O2S. The second-order valence-corrected chi connectivity index (χ2v) is 8.53. The maximum absolute atomic E-state index is 11.0. The Balaban J connectivity index is 1.64. The van der Waals surface area contributed by atoms with Crippen molar-refractivity contribution in [2.75, 3.05) is 39.5 Å². The van der Waals surface area contributed by atoms with Crippen molar-refractivity contribution in [3.63, 3.8) is 0 Å². The molecule has 1 aliphatic rings. The summed E-state index contributed by atoms with van der Waals surface area (Å²) in [6, 6.07) is 11.0. The van der Waals surface area contributed by atoms with Crippen molar-refractivity contribution in [1.29, 1.82) is 0 Å². The molecule has 0 aromatic heterocycles. The van der Waals surface area contributed by atoms with E-state index in [-0.39, 0.29) is 0 Å². The van der Waals surface area contributed by atoms with Crippen molar-refractivity contribution in [2.24, 2.45) is 4.99 Å². The van der Waals surface area contributed by atoms with E-state index in [2.05, 4.69) is 55.6 Å². The number of hydrogen-bond donors (Lipinski definition) is 3. The third-order valence-corrected chi connectivity index (χ3v) is 5.14. The molecule has 0 radical (unpaired) electrons. The molecule has 1 aromatic rings. The van der Waals surface area contributed by atoms with E-state index in [0.717, 1.165) is 38.4 Å². The summed E-state index contributed by atoms with van der Waals surface area (Å²) in [5.74, 6) is 0.783. The average molecular weight is 382 g/mol. The molecule has 0 amide bonds. The van der Waals surface area contributed by atoms with Gasteiger partial charge in [-0.3, -0.25) is 9.89 Å². The number of benzene rings is 1. The van der Waals surface area contributed by atoms with Crippen LogP contribution in [0.15, 0.2) is 35.3 Å². The smallest absolute Gasteiger partial charge is 0.208 e. The van der Waals surface area contributed by atoms with Crippen LogP contribution in [-0.4, -0.2) is 64.8 Å². The lowest BCUT2D eigenvalue weighted by Gasteiger charge is -2.33. The van der Waals surface area contributed by atoms with Crippen molar-refractivity contribution in [2.45, 2.75) is 31.8 Å². The Morgan fingerprint density at radius 2 is 1.88 bits per heavy atom. The van der Waals surface area contributed by atoms with Crippen LogP contribution in [0, 0.1) is 0 Å². The third kappa shape index (κ3) is 8.16. The molecule has 7 nitrogen and oxygen atoms in total. The summed E-state index contributed by atoms with van der Waals surface area (Å²) in [6.45, 7) is 4.26. The largest absolute Gasteiger partial charge is 0.356 e. The summed E-state index contributed by atoms with van der Waals surface area (Å²) in [7, 11) is -1.35. The van der Waals surface area contributed by atoms with Crippen LogP contribution < -0.4 is 15.4 Å². The van der Waals surface area contributed by atoms with Crippen LogP contribution in [0.3, 0.4) is 0 Å². The average Bonchev–Trinajstić information content (AvgIpc) is 2.62. The number of guanidine groups is 1. The first-order valence-electron chi connectivity index (χ1n) is 9.14. The Labute approximate surface area is 157 Å². The molecule has 1 fully saturated rings. The number of rotatable bonds is 8. The zero-order valence-corrected chi connectivity index (χ0v) is 16.6. The molecule has 0 unspecified atom stereocenters. The van der Waals surface area contributed by atoms with Crippen LogP contribution >= 0.6 is 0 Å². The van der Waals surface area contributed by atoms with Crippen molar-refractivity contribution in [3.8, 4) is 0 Å². The molecule has 146 valence electrons. The van der Waals surface area contributed by atoms with Gasteiger partial charge in [0.05, 0.1) is 6.26 Å². The Bertz CT molecular complexity index is 655. The predicted molar refractivity (Wildman–Crippen MR) is 107 cm³/mol. The van der Waals surface area contributed by atoms with Gasteiger partial charge >= 0.3 is 0 Å². The molecule has 0 saturated carbocycles. The number of hydrogen-bond acceptors (Lipinski definition) is 4. The number of nitrogens with zero attached hydrogens (tertiary/aromatic N) is 2. The van der Waals surface area contributed by atoms with E-state index >= 15 is 0 Å². The van der Waals surface area contributed by atoms with Crippen molar-refractivity contribution < 1.29 is 8.42 Å². The Morgan fingerprint density at radius 1 is 1.19 bits per heavy atom. The number of likely N-dealkylation sites (tertiary alicyclic amines) is 1. The highest BCUT2D eigenvalue weighted by Gasteiger charge is 2.19. The quantitative estimate of drug-likeness (QED) is 0.352. The number of aliphatic imine (C=N–C) groups is 1. The first kappa shape index (κ1) is 20.7. The van der Waals surface area contributed by atoms with Crippen LogP contribution in [0.2, 0.25) is 0 Å². The van der Waals surface area contributed by atoms with Gasteiger partial charge in [0.2, 0.25) is 10.0 Å². The molecule has 1 heterocycles. The minimum atomic E-state index is -3.11. The number of piperidine rings is 1. The van der Waals surface area contributed by atoms with E-state index in [1.54, 1.807) is 7.05 Å². The van der Waals surface area contributed by atoms with Gasteiger partial charge < -0.3 is 10.6 Å². The normalized spacial score (nSPS) is 17.2. The molecule has 8 heteroatoms. The van der Waals surface area contributed by atoms with Crippen LogP contribution in [0.5, 0.6) is 0 Å². The highest BCUT2D eigenvalue weighted by atomic mass is 32.2. The summed E-state index contributed by atoms with van der Waals surface area (Å²) >= 11 is 0. The summed E-state index contributed by atoms with van der Waals surface area (Å²) in [6.07, 6.45) is 4.06. The van der Waals surface area contributed by atoms with Crippen LogP contribution in [0.1, 0.15) is 24.8 Å². The second-order valence-electron chi connectivity index (χ2n) is 6.70. The van der Waals surface area contributed by atoms with Crippen LogP contribution in [0.25, 0.3) is 0 Å². The van der Waals surface area contributed by atoms with Crippen molar-refractivity contribution >= 4 is 16.0 Å². The van der Waals surface area contributed by atoms with E-state index in [0.29, 0.717) is 25.6 Å². The maximum atomic E-state index is 11.0. The van der Waals surface area contributed by atoms with Gasteiger partial charge in [0, 0.05) is 45.8 Å². The second kappa shape index (κ2) is 10.5. The molecule has 0 aliphatic carbocycles. The van der Waals surface area contributed by atoms with Gasteiger partial charge in [-0.2, -0.15) is 0 Å². The van der Waals surface area contributed by atoms with Gasteiger partial charge in [0.1, 0.15) is 0 Å². The van der Waals surface area contributed by atoms with Gasteiger partial charge in [0.15, 0.2) is 5.96 Å². The molecule has 3 N–H and O–H groups in total. The number of nitrogens with one attached hydrogen (secondary N) is 3. The van der Waals surface area contributed by atoms with Crippen molar-refractivity contribution in [1.82, 2.24) is 20.3 Å². The molecule has 0 bridgehead atoms. The predicted octanol–water partition coefficient (Wildman–Crippen LogP) is 0.755. The van der Waals surface area contributed by atoms with Gasteiger partial charge in [-0.05, 0) is 24.8 Å². The minimum Gasteiger partial charge on any atom is -0.356 e. The van der Waals surface area contributed by atoms with Crippen LogP contribution in [-0.2, 0) is 16.6 Å². The maximum Gasteiger partial charge on any atom is 0.208 e. The zero-order valence-electron chi connectivity index (χ0n) is 15.7. The van der Waals surface area contributed by atoms with Crippen LogP contribution in [0.4, 0.5) is 0 Å². The van der Waals surface area contributed by atoms with Crippen molar-refractivity contribution in [3.05, 3.63) is 35.9 Å². The first-order chi connectivity index (χ1) is 12.5. The Hall–Kier alpha value is -1.64. The van der Waals surface area contributed by atoms with E-state index in [4.69, 9.17) is 0 Å². The fourth-order valence-corrected chi connectivity index (χ4v) is 3.53. The van der Waals surface area contributed by atoms with E-state index in [9.17, 15) is 8.42 Å². The molecule has 1 aliphatic heterocycles. The summed E-state index contributed by atoms with van der Waals surface area (Å²) in [4.78, 5) is 6.74. The van der Waals surface area contributed by atoms with Gasteiger partial charge in [0.25, 0.3) is 0 Å². The Kier molecular flexibility index (Phi) is 8.34. The van der Waals surface area contributed by atoms with Gasteiger partial charge in [-0.15, -0.1) is 0 Å². The van der Waals surface area contributed by atoms with E-state index in [1.165, 1.54) is 11.8 Å². The third-order valence-electron chi connectivity index (χ3n) is 4.41. The lowest BCUT2D eigenvalue weighted by Crippen LogP contribution is -2.48. The lowest BCUT2D eigenvalue weighted by molar-refractivity contribution is 0.198. The van der Waals surface area contributed by atoms with Gasteiger partial charge in [-0.1, -0.05) is 30.3 Å². The van der Waals surface area contributed by atoms with Gasteiger partial charge in [-0.25, -0.2) is 13.1 Å². The molecule has 0 atom stereocenters. The molecular weight excluding hydrogens is 350 g/mol. The lowest BCUT2D eigenvalue weighted by atomic mass is 10.0.